The molecule has 1 fully saturated rings. The monoisotopic (exact) mass is 306 g/mol. The Balaban J connectivity index is 1.53. The van der Waals surface area contributed by atoms with Crippen LogP contribution in [0.1, 0.15) is 29.2 Å². The lowest BCUT2D eigenvalue weighted by atomic mass is 9.98. The molecule has 118 valence electrons. The number of phenols is 1. The van der Waals surface area contributed by atoms with E-state index in [-0.39, 0.29) is 0 Å². The van der Waals surface area contributed by atoms with Crippen LogP contribution in [0.15, 0.2) is 48.5 Å². The number of hydrogen-bond acceptors (Lipinski definition) is 2. The van der Waals surface area contributed by atoms with Crippen LogP contribution in [-0.4, -0.2) is 28.1 Å². The van der Waals surface area contributed by atoms with Gasteiger partial charge in [-0.1, -0.05) is 30.3 Å². The number of H-pyrrole nitrogens is 1. The maximum Gasteiger partial charge on any atom is 0.115 e. The van der Waals surface area contributed by atoms with E-state index in [1.54, 1.807) is 6.07 Å². The number of aryl methyl sites for hydroxylation is 1. The van der Waals surface area contributed by atoms with E-state index in [1.807, 2.05) is 12.1 Å². The summed E-state index contributed by atoms with van der Waals surface area (Å²) in [7, 11) is 0. The lowest BCUT2D eigenvalue weighted by Gasteiger charge is -2.16. The van der Waals surface area contributed by atoms with Crippen molar-refractivity contribution in [1.82, 2.24) is 9.88 Å². The second kappa shape index (κ2) is 5.74. The number of aromatic hydroxyl groups is 1. The lowest BCUT2D eigenvalue weighted by Crippen LogP contribution is -2.20. The first-order valence-electron chi connectivity index (χ1n) is 8.28. The zero-order chi connectivity index (χ0) is 15.8. The smallest absolute Gasteiger partial charge is 0.115 e. The second-order valence-electron chi connectivity index (χ2n) is 6.59. The standard InChI is InChI=1S/C20H22N2O/c1-14-19(18-7-2-3-8-20(18)21-14)13-22-10-9-16(12-22)15-5-4-6-17(23)11-15/h2-8,11,16,21,23H,9-10,12-13H2,1H3. The lowest BCUT2D eigenvalue weighted by molar-refractivity contribution is 0.327. The molecule has 23 heavy (non-hydrogen) atoms. The molecular formula is C20H22N2O. The van der Waals surface area contributed by atoms with Crippen molar-refractivity contribution in [2.75, 3.05) is 13.1 Å². The summed E-state index contributed by atoms with van der Waals surface area (Å²) in [5, 5.41) is 11.0. The Hall–Kier alpha value is -2.26. The molecule has 3 heteroatoms. The molecule has 0 aliphatic carbocycles. The Labute approximate surface area is 136 Å². The summed E-state index contributed by atoms with van der Waals surface area (Å²) in [6, 6.07) is 16.3. The van der Waals surface area contributed by atoms with Gasteiger partial charge in [-0.25, -0.2) is 0 Å². The van der Waals surface area contributed by atoms with E-state index < -0.39 is 0 Å². The van der Waals surface area contributed by atoms with Gasteiger partial charge in [0.05, 0.1) is 0 Å². The summed E-state index contributed by atoms with van der Waals surface area (Å²) in [4.78, 5) is 6.02. The van der Waals surface area contributed by atoms with E-state index in [4.69, 9.17) is 0 Å². The number of aromatic nitrogens is 1. The number of phenolic OH excluding ortho intramolecular Hbond substituents is 1. The maximum absolute atomic E-state index is 9.68. The zero-order valence-electron chi connectivity index (χ0n) is 13.4. The maximum atomic E-state index is 9.68. The van der Waals surface area contributed by atoms with Crippen molar-refractivity contribution in [2.24, 2.45) is 0 Å². The molecule has 2 aromatic carbocycles. The first-order chi connectivity index (χ1) is 11.2. The van der Waals surface area contributed by atoms with Crippen LogP contribution in [0.3, 0.4) is 0 Å². The van der Waals surface area contributed by atoms with Crippen LogP contribution in [0, 0.1) is 6.92 Å². The summed E-state index contributed by atoms with van der Waals surface area (Å²) in [6.45, 7) is 5.32. The number of hydrogen-bond donors (Lipinski definition) is 2. The highest BCUT2D eigenvalue weighted by Crippen LogP contribution is 2.31. The van der Waals surface area contributed by atoms with Crippen LogP contribution in [-0.2, 0) is 6.54 Å². The van der Waals surface area contributed by atoms with Crippen molar-refractivity contribution in [3.8, 4) is 5.75 Å². The summed E-state index contributed by atoms with van der Waals surface area (Å²) in [5.74, 6) is 0.890. The highest BCUT2D eigenvalue weighted by atomic mass is 16.3. The van der Waals surface area contributed by atoms with Crippen LogP contribution < -0.4 is 0 Å². The van der Waals surface area contributed by atoms with E-state index in [2.05, 4.69) is 47.1 Å². The number of aromatic amines is 1. The van der Waals surface area contributed by atoms with Crippen molar-refractivity contribution in [2.45, 2.75) is 25.8 Å². The molecule has 2 heterocycles. The fourth-order valence-electron chi connectivity index (χ4n) is 3.79. The normalized spacial score (nSPS) is 18.7. The number of para-hydroxylation sites is 1. The molecule has 0 amide bonds. The van der Waals surface area contributed by atoms with Gasteiger partial charge in [0.2, 0.25) is 0 Å². The molecule has 1 unspecified atom stereocenters. The van der Waals surface area contributed by atoms with Gasteiger partial charge in [0, 0.05) is 29.7 Å². The second-order valence-corrected chi connectivity index (χ2v) is 6.59. The van der Waals surface area contributed by atoms with Gasteiger partial charge in [0.1, 0.15) is 5.75 Å². The Morgan fingerprint density at radius 2 is 2.04 bits per heavy atom. The van der Waals surface area contributed by atoms with Gasteiger partial charge in [0.15, 0.2) is 0 Å². The predicted molar refractivity (Wildman–Crippen MR) is 93.8 cm³/mol. The molecule has 3 nitrogen and oxygen atoms in total. The van der Waals surface area contributed by atoms with E-state index >= 15 is 0 Å². The Bertz CT molecular complexity index is 837. The molecule has 0 bridgehead atoms. The Morgan fingerprint density at radius 1 is 1.17 bits per heavy atom. The molecule has 1 saturated heterocycles. The molecule has 3 aromatic rings. The van der Waals surface area contributed by atoms with Gasteiger partial charge in [0.25, 0.3) is 0 Å². The van der Waals surface area contributed by atoms with Crippen molar-refractivity contribution < 1.29 is 5.11 Å². The van der Waals surface area contributed by atoms with E-state index in [1.165, 1.54) is 27.7 Å². The molecule has 0 spiro atoms. The third-order valence-electron chi connectivity index (χ3n) is 5.02. The summed E-state index contributed by atoms with van der Waals surface area (Å²) >= 11 is 0. The largest absolute Gasteiger partial charge is 0.508 e. The van der Waals surface area contributed by atoms with Gasteiger partial charge in [-0.3, -0.25) is 4.90 Å². The fourth-order valence-corrected chi connectivity index (χ4v) is 3.79. The van der Waals surface area contributed by atoms with Gasteiger partial charge in [-0.05, 0) is 55.1 Å². The first-order valence-corrected chi connectivity index (χ1v) is 8.28. The molecule has 2 N–H and O–H groups in total. The van der Waals surface area contributed by atoms with E-state index in [9.17, 15) is 5.11 Å². The number of likely N-dealkylation sites (tertiary alicyclic amines) is 1. The average Bonchev–Trinajstić information content (AvgIpc) is 3.13. The SMILES string of the molecule is Cc1[nH]c2ccccc2c1CN1CCC(c2cccc(O)c2)C1. The van der Waals surface area contributed by atoms with Gasteiger partial charge < -0.3 is 10.1 Å². The number of rotatable bonds is 3. The summed E-state index contributed by atoms with van der Waals surface area (Å²) in [5.41, 5.74) is 5.16. The van der Waals surface area contributed by atoms with Crippen LogP contribution in [0.25, 0.3) is 10.9 Å². The topological polar surface area (TPSA) is 39.3 Å². The molecule has 1 aliphatic heterocycles. The number of benzene rings is 2. The minimum atomic E-state index is 0.369. The van der Waals surface area contributed by atoms with Crippen LogP contribution in [0.2, 0.25) is 0 Å². The zero-order valence-corrected chi connectivity index (χ0v) is 13.4. The number of fused-ring (bicyclic) bond motifs is 1. The number of nitrogens with zero attached hydrogens (tertiary/aromatic N) is 1. The third-order valence-corrected chi connectivity index (χ3v) is 5.02. The van der Waals surface area contributed by atoms with Crippen LogP contribution in [0.5, 0.6) is 5.75 Å². The molecule has 0 saturated carbocycles. The summed E-state index contributed by atoms with van der Waals surface area (Å²) < 4.78 is 0. The minimum absolute atomic E-state index is 0.369. The average molecular weight is 306 g/mol. The van der Waals surface area contributed by atoms with Crippen molar-refractivity contribution in [3.05, 3.63) is 65.4 Å². The quantitative estimate of drug-likeness (QED) is 0.762. The third kappa shape index (κ3) is 2.73. The van der Waals surface area contributed by atoms with Crippen LogP contribution in [0.4, 0.5) is 0 Å². The molecule has 1 aromatic heterocycles. The van der Waals surface area contributed by atoms with Gasteiger partial charge >= 0.3 is 0 Å². The number of nitrogens with one attached hydrogen (secondary N) is 1. The highest BCUT2D eigenvalue weighted by molar-refractivity contribution is 5.84. The minimum Gasteiger partial charge on any atom is -0.508 e. The Morgan fingerprint density at radius 3 is 2.91 bits per heavy atom. The van der Waals surface area contributed by atoms with Crippen molar-refractivity contribution in [3.63, 3.8) is 0 Å². The fraction of sp³-hybridized carbons (Fsp3) is 0.300. The van der Waals surface area contributed by atoms with E-state index in [0.717, 1.165) is 26.1 Å². The van der Waals surface area contributed by atoms with Gasteiger partial charge in [-0.2, -0.15) is 0 Å². The predicted octanol–water partition coefficient (Wildman–Crippen LogP) is 4.17. The van der Waals surface area contributed by atoms with Gasteiger partial charge in [-0.15, -0.1) is 0 Å². The summed E-state index contributed by atoms with van der Waals surface area (Å²) in [6.07, 6.45) is 1.16. The molecule has 0 radical (unpaired) electrons. The highest BCUT2D eigenvalue weighted by Gasteiger charge is 2.25. The first kappa shape index (κ1) is 14.3. The van der Waals surface area contributed by atoms with Crippen molar-refractivity contribution >= 4 is 10.9 Å². The molecular weight excluding hydrogens is 284 g/mol. The van der Waals surface area contributed by atoms with Crippen molar-refractivity contribution in [1.29, 1.82) is 0 Å². The molecule has 1 aliphatic rings. The van der Waals surface area contributed by atoms with E-state index in [0.29, 0.717) is 11.7 Å². The van der Waals surface area contributed by atoms with Crippen LogP contribution >= 0.6 is 0 Å². The molecule has 4 rings (SSSR count). The Kier molecular flexibility index (Phi) is 3.58. The molecule has 1 atom stereocenters.